The van der Waals surface area contributed by atoms with E-state index in [1.54, 1.807) is 17.0 Å². The van der Waals surface area contributed by atoms with Crippen LogP contribution in [0.2, 0.25) is 0 Å². The quantitative estimate of drug-likeness (QED) is 0.319. The van der Waals surface area contributed by atoms with Gasteiger partial charge in [-0.3, -0.25) is 9.69 Å². The molecule has 2 heterocycles. The van der Waals surface area contributed by atoms with E-state index in [9.17, 15) is 26.7 Å². The summed E-state index contributed by atoms with van der Waals surface area (Å²) in [6, 6.07) is 12.1. The topological polar surface area (TPSA) is 57.8 Å². The van der Waals surface area contributed by atoms with Gasteiger partial charge in [0.15, 0.2) is 0 Å². The number of carbonyl (C=O) groups is 1. The molecule has 11 heteroatoms. The third-order valence-corrected chi connectivity index (χ3v) is 6.41. The van der Waals surface area contributed by atoms with Gasteiger partial charge in [0.1, 0.15) is 17.2 Å². The maximum Gasteiger partial charge on any atom is 0.573 e. The average molecular weight is 540 g/mol. The fourth-order valence-corrected chi connectivity index (χ4v) is 4.88. The van der Waals surface area contributed by atoms with E-state index in [1.807, 2.05) is 13.0 Å². The Morgan fingerprint density at radius 1 is 1.08 bits per heavy atom. The summed E-state index contributed by atoms with van der Waals surface area (Å²) >= 11 is 0. The standard InChI is InChI=1S/C27H30F5N3O3/c1-3-35(25(36)24-14-20-13-22(38-27(30,31)32)9-10-23(20)33-24)17-19-7-5-11-34(16-19)15-18-6-4-8-21(12-18)37-26(2,28)29/h4,6,8-10,12-14,19,33H,3,5,7,11,15-17H2,1-2H3. The van der Waals surface area contributed by atoms with Crippen LogP contribution in [0.5, 0.6) is 11.5 Å². The normalized spacial score (nSPS) is 17.0. The number of carbonyl (C=O) groups excluding carboxylic acids is 1. The molecule has 1 amide bonds. The van der Waals surface area contributed by atoms with Crippen LogP contribution >= 0.6 is 0 Å². The summed E-state index contributed by atoms with van der Waals surface area (Å²) in [5.41, 5.74) is 1.70. The zero-order valence-electron chi connectivity index (χ0n) is 21.2. The van der Waals surface area contributed by atoms with Crippen molar-refractivity contribution in [3.63, 3.8) is 0 Å². The molecule has 1 unspecified atom stereocenters. The monoisotopic (exact) mass is 539 g/mol. The molecule has 4 rings (SSSR count). The second-order valence-electron chi connectivity index (χ2n) is 9.62. The van der Waals surface area contributed by atoms with Crippen LogP contribution in [0.3, 0.4) is 0 Å². The first-order valence-corrected chi connectivity index (χ1v) is 12.4. The van der Waals surface area contributed by atoms with Crippen molar-refractivity contribution in [2.24, 2.45) is 5.92 Å². The van der Waals surface area contributed by atoms with E-state index in [1.165, 1.54) is 30.3 Å². The fourth-order valence-electron chi connectivity index (χ4n) is 4.88. The lowest BCUT2D eigenvalue weighted by molar-refractivity contribution is -0.274. The van der Waals surface area contributed by atoms with Gasteiger partial charge in [-0.1, -0.05) is 12.1 Å². The number of aromatic nitrogens is 1. The van der Waals surface area contributed by atoms with E-state index in [0.717, 1.165) is 31.5 Å². The Kier molecular flexibility index (Phi) is 8.15. The third kappa shape index (κ3) is 7.59. The molecule has 1 aliphatic heterocycles. The lowest BCUT2D eigenvalue weighted by Gasteiger charge is -2.35. The van der Waals surface area contributed by atoms with Gasteiger partial charge < -0.3 is 19.4 Å². The second kappa shape index (κ2) is 11.2. The van der Waals surface area contributed by atoms with Crippen LogP contribution in [0.25, 0.3) is 10.9 Å². The molecule has 0 aliphatic carbocycles. The first kappa shape index (κ1) is 27.7. The van der Waals surface area contributed by atoms with Gasteiger partial charge in [0.2, 0.25) is 0 Å². The van der Waals surface area contributed by atoms with Crippen molar-refractivity contribution in [2.75, 3.05) is 26.2 Å². The van der Waals surface area contributed by atoms with E-state index in [4.69, 9.17) is 0 Å². The largest absolute Gasteiger partial charge is 0.573 e. The predicted molar refractivity (Wildman–Crippen MR) is 132 cm³/mol. The molecule has 1 aromatic heterocycles. The number of aromatic amines is 1. The number of fused-ring (bicyclic) bond motifs is 1. The zero-order valence-corrected chi connectivity index (χ0v) is 21.2. The van der Waals surface area contributed by atoms with Gasteiger partial charge in [-0.15, -0.1) is 13.2 Å². The number of rotatable bonds is 9. The molecule has 3 aromatic rings. The van der Waals surface area contributed by atoms with Gasteiger partial charge in [0.05, 0.1) is 0 Å². The van der Waals surface area contributed by atoms with Crippen molar-refractivity contribution in [2.45, 2.75) is 45.7 Å². The van der Waals surface area contributed by atoms with Crippen LogP contribution in [0.4, 0.5) is 22.0 Å². The minimum atomic E-state index is -4.80. The van der Waals surface area contributed by atoms with Crippen molar-refractivity contribution >= 4 is 16.8 Å². The van der Waals surface area contributed by atoms with Gasteiger partial charge in [-0.2, -0.15) is 8.78 Å². The Morgan fingerprint density at radius 2 is 1.84 bits per heavy atom. The summed E-state index contributed by atoms with van der Waals surface area (Å²) < 4.78 is 72.7. The number of ether oxygens (including phenoxy) is 2. The second-order valence-corrected chi connectivity index (χ2v) is 9.62. The Balaban J connectivity index is 1.39. The number of halogens is 5. The van der Waals surface area contributed by atoms with Crippen molar-refractivity contribution < 1.29 is 36.2 Å². The molecule has 0 spiro atoms. The van der Waals surface area contributed by atoms with Gasteiger partial charge in [-0.05, 0) is 74.2 Å². The molecule has 206 valence electrons. The first-order chi connectivity index (χ1) is 17.9. The van der Waals surface area contributed by atoms with E-state index in [-0.39, 0.29) is 23.3 Å². The fraction of sp³-hybridized carbons (Fsp3) is 0.444. The number of nitrogens with zero attached hydrogens (tertiary/aromatic N) is 2. The molecule has 6 nitrogen and oxygen atoms in total. The van der Waals surface area contributed by atoms with Crippen molar-refractivity contribution in [3.8, 4) is 11.5 Å². The highest BCUT2D eigenvalue weighted by atomic mass is 19.4. The van der Waals surface area contributed by atoms with Gasteiger partial charge >= 0.3 is 12.5 Å². The van der Waals surface area contributed by atoms with Crippen LogP contribution in [-0.4, -0.2) is 59.3 Å². The Morgan fingerprint density at radius 3 is 2.55 bits per heavy atom. The highest BCUT2D eigenvalue weighted by molar-refractivity contribution is 5.98. The van der Waals surface area contributed by atoms with E-state index >= 15 is 0 Å². The average Bonchev–Trinajstić information content (AvgIpc) is 3.24. The van der Waals surface area contributed by atoms with Crippen molar-refractivity contribution in [1.29, 1.82) is 0 Å². The Hall–Kier alpha value is -3.34. The summed E-state index contributed by atoms with van der Waals surface area (Å²) in [4.78, 5) is 20.2. The number of piperidine rings is 1. The molecule has 1 N–H and O–H groups in total. The van der Waals surface area contributed by atoms with Gasteiger partial charge in [0.25, 0.3) is 5.91 Å². The van der Waals surface area contributed by atoms with Crippen LogP contribution in [0.15, 0.2) is 48.5 Å². The smallest absolute Gasteiger partial charge is 0.433 e. The van der Waals surface area contributed by atoms with Gasteiger partial charge in [-0.25, -0.2) is 0 Å². The minimum absolute atomic E-state index is 0.113. The number of amides is 1. The Bertz CT molecular complexity index is 1250. The van der Waals surface area contributed by atoms with Crippen LogP contribution in [0, 0.1) is 5.92 Å². The van der Waals surface area contributed by atoms with Crippen LogP contribution in [-0.2, 0) is 6.54 Å². The highest BCUT2D eigenvalue weighted by Gasteiger charge is 2.31. The molecule has 0 saturated carbocycles. The summed E-state index contributed by atoms with van der Waals surface area (Å²) in [7, 11) is 0. The number of hydrogen-bond acceptors (Lipinski definition) is 4. The lowest BCUT2D eigenvalue weighted by Crippen LogP contribution is -2.42. The number of nitrogens with one attached hydrogen (secondary N) is 1. The maximum atomic E-state index is 13.3. The third-order valence-electron chi connectivity index (χ3n) is 6.41. The Labute approximate surface area is 217 Å². The highest BCUT2D eigenvalue weighted by Crippen LogP contribution is 2.28. The van der Waals surface area contributed by atoms with Crippen molar-refractivity contribution in [1.82, 2.24) is 14.8 Å². The molecule has 1 atom stereocenters. The van der Waals surface area contributed by atoms with Gasteiger partial charge in [0, 0.05) is 44.0 Å². The molecular weight excluding hydrogens is 509 g/mol. The molecule has 1 saturated heterocycles. The molecule has 1 aliphatic rings. The first-order valence-electron chi connectivity index (χ1n) is 12.4. The summed E-state index contributed by atoms with van der Waals surface area (Å²) in [5.74, 6) is -0.257. The molecule has 2 aromatic carbocycles. The minimum Gasteiger partial charge on any atom is -0.433 e. The van der Waals surface area contributed by atoms with E-state index in [0.29, 0.717) is 43.2 Å². The van der Waals surface area contributed by atoms with Crippen LogP contribution < -0.4 is 9.47 Å². The molecule has 0 radical (unpaired) electrons. The summed E-state index contributed by atoms with van der Waals surface area (Å²) in [6.07, 6.45) is -6.17. The molecule has 0 bridgehead atoms. The predicted octanol–water partition coefficient (Wildman–Crippen LogP) is 6.43. The van der Waals surface area contributed by atoms with Crippen LogP contribution in [0.1, 0.15) is 42.7 Å². The molecular formula is C27H30F5N3O3. The number of likely N-dealkylation sites (tertiary alicyclic amines) is 1. The van der Waals surface area contributed by atoms with E-state index < -0.39 is 12.5 Å². The molecule has 1 fully saturated rings. The number of hydrogen-bond donors (Lipinski definition) is 1. The number of benzene rings is 2. The van der Waals surface area contributed by atoms with Crippen molar-refractivity contribution in [3.05, 3.63) is 59.8 Å². The SMILES string of the molecule is CCN(CC1CCCN(Cc2cccc(OC(C)(F)F)c2)C1)C(=O)c1cc2cc(OC(F)(F)F)ccc2[nH]1. The van der Waals surface area contributed by atoms with E-state index in [2.05, 4.69) is 19.4 Å². The maximum absolute atomic E-state index is 13.3. The number of alkyl halides is 5. The molecule has 38 heavy (non-hydrogen) atoms. The zero-order chi connectivity index (χ0) is 27.5. The summed E-state index contributed by atoms with van der Waals surface area (Å²) in [5, 5.41) is 0.446. The lowest BCUT2D eigenvalue weighted by atomic mass is 9.96. The number of H-pyrrole nitrogens is 1. The summed E-state index contributed by atoms with van der Waals surface area (Å²) in [6.45, 7) is 5.75.